The monoisotopic (exact) mass is 929 g/mol. The van der Waals surface area contributed by atoms with Gasteiger partial charge in [-0.3, -0.25) is 9.59 Å². The van der Waals surface area contributed by atoms with E-state index in [4.69, 9.17) is 4.74 Å². The van der Waals surface area contributed by atoms with E-state index in [1.165, 1.54) is 127 Å². The highest BCUT2D eigenvalue weighted by molar-refractivity contribution is 7.99. The van der Waals surface area contributed by atoms with Gasteiger partial charge in [0.15, 0.2) is 0 Å². The number of benzene rings is 2. The van der Waals surface area contributed by atoms with E-state index in [0.29, 0.717) is 11.5 Å². The molecule has 0 aliphatic heterocycles. The summed E-state index contributed by atoms with van der Waals surface area (Å²) in [6.45, 7) is 23.5. The molecular weight excluding hydrogens is 833 g/mol. The van der Waals surface area contributed by atoms with E-state index in [0.717, 1.165) is 60.8 Å². The van der Waals surface area contributed by atoms with Gasteiger partial charge in [-0.15, -0.1) is 11.8 Å². The van der Waals surface area contributed by atoms with Crippen LogP contribution in [0.2, 0.25) is 0 Å². The average molecular weight is 930 g/mol. The summed E-state index contributed by atoms with van der Waals surface area (Å²) in [5.41, 5.74) is 2.57. The van der Waals surface area contributed by atoms with Crippen LogP contribution in [0.5, 0.6) is 11.5 Å². The molecule has 8 heteroatoms. The Morgan fingerprint density at radius 3 is 1.36 bits per heavy atom. The van der Waals surface area contributed by atoms with Crippen LogP contribution in [-0.4, -0.2) is 38.3 Å². The van der Waals surface area contributed by atoms with Gasteiger partial charge in [0.1, 0.15) is 22.4 Å². The van der Waals surface area contributed by atoms with Crippen LogP contribution < -0.4 is 0 Å². The van der Waals surface area contributed by atoms with Crippen molar-refractivity contribution < 1.29 is 29.6 Å². The number of hydrogen-bond acceptors (Lipinski definition) is 7. The number of rotatable bonds is 31. The number of aliphatic carboxylic acids is 1. The lowest BCUT2D eigenvalue weighted by atomic mass is 9.69. The lowest BCUT2D eigenvalue weighted by molar-refractivity contribution is -0.175. The molecule has 2 rings (SSSR count). The lowest BCUT2D eigenvalue weighted by Gasteiger charge is -2.44. The maximum Gasteiger partial charge on any atom is 0.316 e. The molecular formula is C56H96O6S2. The molecule has 64 heavy (non-hydrogen) atoms. The maximum absolute atomic E-state index is 12.3. The van der Waals surface area contributed by atoms with Gasteiger partial charge < -0.3 is 20.1 Å². The quantitative estimate of drug-likeness (QED) is 0.0339. The molecule has 2 aromatic rings. The summed E-state index contributed by atoms with van der Waals surface area (Å²) >= 11 is 5.65. The minimum absolute atomic E-state index is 0.0637. The summed E-state index contributed by atoms with van der Waals surface area (Å²) in [7, 11) is 0. The van der Waals surface area contributed by atoms with Crippen molar-refractivity contribution in [3.63, 3.8) is 0 Å². The van der Waals surface area contributed by atoms with E-state index in [1.54, 1.807) is 12.1 Å². The number of esters is 1. The fourth-order valence-electron chi connectivity index (χ4n) is 8.60. The topological polar surface area (TPSA) is 104 Å². The molecule has 0 bridgehead atoms. The number of carboxylic acid groups (broad SMARTS) is 1. The number of hydrogen-bond donors (Lipinski definition) is 4. The summed E-state index contributed by atoms with van der Waals surface area (Å²) in [5.74, 6) is 0.309. The van der Waals surface area contributed by atoms with Crippen LogP contribution in [0.4, 0.5) is 0 Å². The number of thiol groups is 1. The number of phenolic OH excluding ortho intramolecular Hbond substituents is 2. The van der Waals surface area contributed by atoms with Crippen LogP contribution in [0.15, 0.2) is 36.4 Å². The summed E-state index contributed by atoms with van der Waals surface area (Å²) in [5, 5.41) is 30.0. The van der Waals surface area contributed by atoms with Crippen LogP contribution in [0.25, 0.3) is 0 Å². The molecule has 0 amide bonds. The van der Waals surface area contributed by atoms with E-state index in [9.17, 15) is 24.9 Å². The Morgan fingerprint density at radius 2 is 1.00 bits per heavy atom. The zero-order valence-electron chi connectivity index (χ0n) is 42.8. The predicted octanol–water partition coefficient (Wildman–Crippen LogP) is 17.2. The van der Waals surface area contributed by atoms with Crippen LogP contribution in [0, 0.1) is 5.41 Å². The molecule has 0 heterocycles. The largest absolute Gasteiger partial charge is 0.508 e. The second kappa shape index (κ2) is 31.6. The molecule has 0 spiro atoms. The van der Waals surface area contributed by atoms with Gasteiger partial charge in [-0.25, -0.2) is 0 Å². The van der Waals surface area contributed by atoms with Crippen LogP contribution in [0.1, 0.15) is 253 Å². The molecule has 3 N–H and O–H groups in total. The molecule has 0 saturated carbocycles. The first kappa shape index (κ1) is 59.7. The van der Waals surface area contributed by atoms with Crippen molar-refractivity contribution in [1.82, 2.24) is 0 Å². The number of phenols is 2. The third-order valence-electron chi connectivity index (χ3n) is 12.7. The summed E-state index contributed by atoms with van der Waals surface area (Å²) in [4.78, 5) is 24.1. The number of carboxylic acids is 1. The Morgan fingerprint density at radius 1 is 0.609 bits per heavy atom. The van der Waals surface area contributed by atoms with Crippen molar-refractivity contribution in [2.24, 2.45) is 5.41 Å². The van der Waals surface area contributed by atoms with E-state index >= 15 is 0 Å². The summed E-state index contributed by atoms with van der Waals surface area (Å²) in [6.07, 6.45) is 29.7. The van der Waals surface area contributed by atoms with Gasteiger partial charge in [0.05, 0.1) is 5.75 Å². The minimum atomic E-state index is -0.722. The highest BCUT2D eigenvalue weighted by Crippen LogP contribution is 2.47. The molecule has 368 valence electrons. The molecule has 0 radical (unpaired) electrons. The highest BCUT2D eigenvalue weighted by Gasteiger charge is 2.46. The van der Waals surface area contributed by atoms with Gasteiger partial charge in [-0.2, -0.15) is 12.6 Å². The normalized spacial score (nSPS) is 13.5. The average Bonchev–Trinajstić information content (AvgIpc) is 3.22. The zero-order chi connectivity index (χ0) is 48.2. The molecule has 6 nitrogen and oxygen atoms in total. The predicted molar refractivity (Wildman–Crippen MR) is 280 cm³/mol. The smallest absolute Gasteiger partial charge is 0.316 e. The zero-order valence-corrected chi connectivity index (χ0v) is 44.6. The van der Waals surface area contributed by atoms with E-state index < -0.39 is 11.6 Å². The van der Waals surface area contributed by atoms with Gasteiger partial charge >= 0.3 is 11.9 Å². The van der Waals surface area contributed by atoms with Gasteiger partial charge in [0.25, 0.3) is 0 Å². The standard InChI is InChI=1S/C30H52O3S.C26H44O3S/c1-8-9-10-11-12-13-14-15-16-17-18-19-26(28(32)33)34-22-23-20-24(29(2,3)4)27(31)25(21-23)30(5,6)7;1-5-6-7-8-9-10-11-12-13-14-15-20-26(25(2,3)4,29-24(28)21-30)22-16-18-23(27)19-17-22/h20-21,26,31H,8-19,22H2,1-7H3,(H,32,33);16-19,27,30H,5-15,20-21H2,1-4H3. The minimum Gasteiger partial charge on any atom is -0.508 e. The second-order valence-corrected chi connectivity index (χ2v) is 23.1. The fourth-order valence-corrected chi connectivity index (χ4v) is 9.70. The van der Waals surface area contributed by atoms with Crippen molar-refractivity contribution in [2.75, 3.05) is 5.75 Å². The summed E-state index contributed by atoms with van der Waals surface area (Å²) in [6, 6.07) is 11.2. The Kier molecular flexibility index (Phi) is 29.5. The van der Waals surface area contributed by atoms with Crippen molar-refractivity contribution in [2.45, 2.75) is 258 Å². The fraction of sp³-hybridized carbons (Fsp3) is 0.750. The van der Waals surface area contributed by atoms with E-state index in [2.05, 4.69) is 101 Å². The third-order valence-corrected chi connectivity index (χ3v) is 14.3. The molecule has 2 aromatic carbocycles. The van der Waals surface area contributed by atoms with E-state index in [1.807, 2.05) is 12.1 Å². The lowest BCUT2D eigenvalue weighted by Crippen LogP contribution is -2.44. The van der Waals surface area contributed by atoms with Crippen LogP contribution >= 0.6 is 24.4 Å². The third kappa shape index (κ3) is 23.4. The summed E-state index contributed by atoms with van der Waals surface area (Å²) < 4.78 is 6.07. The van der Waals surface area contributed by atoms with Gasteiger partial charge in [0, 0.05) is 11.2 Å². The Balaban J connectivity index is 0.000000645. The molecule has 0 aromatic heterocycles. The number of ether oxygens (including phenoxy) is 1. The van der Waals surface area contributed by atoms with E-state index in [-0.39, 0.29) is 39.0 Å². The Bertz CT molecular complexity index is 1520. The molecule has 0 aliphatic rings. The van der Waals surface area contributed by atoms with Gasteiger partial charge in [-0.05, 0) is 64.5 Å². The number of carbonyl (C=O) groups is 2. The molecule has 0 fully saturated rings. The molecule has 2 unspecified atom stereocenters. The molecule has 0 aliphatic carbocycles. The van der Waals surface area contributed by atoms with Crippen molar-refractivity contribution in [3.8, 4) is 11.5 Å². The van der Waals surface area contributed by atoms with Crippen molar-refractivity contribution in [3.05, 3.63) is 58.7 Å². The van der Waals surface area contributed by atoms with Crippen molar-refractivity contribution >= 4 is 36.3 Å². The van der Waals surface area contributed by atoms with Crippen LogP contribution in [-0.2, 0) is 36.5 Å². The first-order chi connectivity index (χ1) is 30.1. The number of aromatic hydroxyl groups is 2. The number of thioether (sulfide) groups is 1. The van der Waals surface area contributed by atoms with Gasteiger partial charge in [0.2, 0.25) is 0 Å². The first-order valence-corrected chi connectivity index (χ1v) is 27.2. The Hall–Kier alpha value is -2.32. The molecule has 2 atom stereocenters. The van der Waals surface area contributed by atoms with Crippen molar-refractivity contribution in [1.29, 1.82) is 0 Å². The Labute approximate surface area is 403 Å². The molecule has 0 saturated heterocycles. The SMILES string of the molecule is CCCCCCCCCCCCCC(OC(=O)CS)(c1ccc(O)cc1)C(C)(C)C.CCCCCCCCCCCCCC(SCc1cc(C(C)(C)C)c(O)c(C(C)(C)C)c1)C(=O)O. The maximum atomic E-state index is 12.3. The van der Waals surface area contributed by atoms with Gasteiger partial charge in [-0.1, -0.05) is 235 Å². The van der Waals surface area contributed by atoms with Crippen LogP contribution in [0.3, 0.4) is 0 Å². The highest BCUT2D eigenvalue weighted by atomic mass is 32.2. The second-order valence-electron chi connectivity index (χ2n) is 21.5. The number of carbonyl (C=O) groups excluding carboxylic acids is 1. The number of unbranched alkanes of at least 4 members (excludes halogenated alkanes) is 20. The first-order valence-electron chi connectivity index (χ1n) is 25.5.